The summed E-state index contributed by atoms with van der Waals surface area (Å²) in [5.74, 6) is 0. The van der Waals surface area contributed by atoms with Crippen LogP contribution in [0.3, 0.4) is 0 Å². The fourth-order valence-corrected chi connectivity index (χ4v) is 15.2. The lowest BCUT2D eigenvalue weighted by atomic mass is 9.82. The molecule has 3 nitrogen and oxygen atoms in total. The van der Waals surface area contributed by atoms with E-state index < -0.39 is 0 Å². The maximum atomic E-state index is 2.48. The van der Waals surface area contributed by atoms with Crippen molar-refractivity contribution in [3.8, 4) is 83.6 Å². The highest BCUT2D eigenvalue weighted by Gasteiger charge is 2.38. The zero-order chi connectivity index (χ0) is 62.4. The molecule has 2 aliphatic carbocycles. The highest BCUT2D eigenvalue weighted by molar-refractivity contribution is 6.10. The van der Waals surface area contributed by atoms with Crippen LogP contribution < -0.4 is 9.80 Å². The summed E-state index contributed by atoms with van der Waals surface area (Å²) in [5, 5.41) is 2.46. The van der Waals surface area contributed by atoms with Gasteiger partial charge in [0.05, 0.1) is 11.0 Å². The molecule has 3 heteroatoms. The average molecular weight is 1190 g/mol. The topological polar surface area (TPSA) is 11.4 Å². The van der Waals surface area contributed by atoms with Gasteiger partial charge in [-0.3, -0.25) is 0 Å². The maximum absolute atomic E-state index is 2.48. The van der Waals surface area contributed by atoms with Gasteiger partial charge in [0, 0.05) is 61.4 Å². The van der Waals surface area contributed by atoms with Gasteiger partial charge in [0.15, 0.2) is 0 Å². The standard InChI is InChI=1S/C90H67N3/c1-89(2)83-29-17-14-26-77(83)79-51-49-73(58-85(79)89)91(70-43-36-63(37-44-70)60-20-8-5-9-21-60)75-54-69(55-76(57-75)92(71-45-38-64(39-46-71)61-22-10-6-11-23-61)74-50-52-80-78-27-15-18-30-84(78)90(3,4)86(80)59-74)67-34-32-66(33-35-67)68-42-53-88-82(56-68)81-28-16-19-31-87(81)93(88)72-47-40-65(41-48-72)62-24-12-7-13-25-62/h5-59H,1-4H3. The lowest BCUT2D eigenvalue weighted by Crippen LogP contribution is -2.17. The van der Waals surface area contributed by atoms with Crippen molar-refractivity contribution in [1.29, 1.82) is 0 Å². The molecule has 1 heterocycles. The van der Waals surface area contributed by atoms with Gasteiger partial charge in [-0.05, 0) is 197 Å². The third-order valence-corrected chi connectivity index (χ3v) is 20.0. The first kappa shape index (κ1) is 55.5. The second kappa shape index (κ2) is 22.2. The smallest absolute Gasteiger partial charge is 0.0541 e. The highest BCUT2D eigenvalue weighted by atomic mass is 15.2. The molecule has 0 amide bonds. The summed E-state index contributed by atoms with van der Waals surface area (Å²) in [6.45, 7) is 9.51. The number of rotatable bonds is 12. The largest absolute Gasteiger partial charge is 0.310 e. The van der Waals surface area contributed by atoms with E-state index in [0.29, 0.717) is 0 Å². The van der Waals surface area contributed by atoms with E-state index >= 15 is 0 Å². The Morgan fingerprint density at radius 1 is 0.215 bits per heavy atom. The Morgan fingerprint density at radius 2 is 0.559 bits per heavy atom. The molecule has 0 bridgehead atoms. The van der Waals surface area contributed by atoms with Gasteiger partial charge in [0.25, 0.3) is 0 Å². The second-order valence-electron chi connectivity index (χ2n) is 26.1. The quantitative estimate of drug-likeness (QED) is 0.121. The first-order valence-electron chi connectivity index (χ1n) is 32.5. The first-order chi connectivity index (χ1) is 45.6. The van der Waals surface area contributed by atoms with Crippen molar-refractivity contribution in [1.82, 2.24) is 4.57 Å². The predicted octanol–water partition coefficient (Wildman–Crippen LogP) is 24.7. The fourth-order valence-electron chi connectivity index (χ4n) is 15.2. The van der Waals surface area contributed by atoms with Crippen LogP contribution in [0.1, 0.15) is 49.9 Å². The lowest BCUT2D eigenvalue weighted by molar-refractivity contribution is 0.660. The van der Waals surface area contributed by atoms with Crippen molar-refractivity contribution in [3.63, 3.8) is 0 Å². The van der Waals surface area contributed by atoms with Crippen LogP contribution in [0, 0.1) is 0 Å². The Kier molecular flexibility index (Phi) is 13.2. The zero-order valence-electron chi connectivity index (χ0n) is 52.6. The molecule has 0 fully saturated rings. The summed E-state index contributed by atoms with van der Waals surface area (Å²) in [6, 6.07) is 124. The van der Waals surface area contributed by atoms with Gasteiger partial charge < -0.3 is 14.4 Å². The monoisotopic (exact) mass is 1190 g/mol. The molecule has 0 radical (unpaired) electrons. The summed E-state index contributed by atoms with van der Waals surface area (Å²) in [4.78, 5) is 4.97. The fraction of sp³-hybridized carbons (Fsp3) is 0.0667. The number of aromatic nitrogens is 1. The summed E-state index contributed by atoms with van der Waals surface area (Å²) >= 11 is 0. The molecule has 0 saturated heterocycles. The van der Waals surface area contributed by atoms with E-state index in [9.17, 15) is 0 Å². The van der Waals surface area contributed by atoms with Gasteiger partial charge in [-0.15, -0.1) is 0 Å². The molecule has 15 aromatic rings. The van der Waals surface area contributed by atoms with Crippen LogP contribution in [0.4, 0.5) is 34.1 Å². The number of anilines is 6. The van der Waals surface area contributed by atoms with Crippen LogP contribution in [0.15, 0.2) is 334 Å². The third-order valence-electron chi connectivity index (χ3n) is 20.0. The number of nitrogens with zero attached hydrogens (tertiary/aromatic N) is 3. The van der Waals surface area contributed by atoms with Crippen LogP contribution in [0.25, 0.3) is 105 Å². The van der Waals surface area contributed by atoms with E-state index in [-0.39, 0.29) is 10.8 Å². The Morgan fingerprint density at radius 3 is 1.04 bits per heavy atom. The van der Waals surface area contributed by atoms with Crippen molar-refractivity contribution in [3.05, 3.63) is 356 Å². The van der Waals surface area contributed by atoms with Gasteiger partial charge in [-0.25, -0.2) is 0 Å². The van der Waals surface area contributed by atoms with Crippen molar-refractivity contribution in [2.45, 2.75) is 38.5 Å². The van der Waals surface area contributed by atoms with Gasteiger partial charge in [0.1, 0.15) is 0 Å². The summed E-state index contributed by atoms with van der Waals surface area (Å²) in [5.41, 5.74) is 31.7. The second-order valence-corrected chi connectivity index (χ2v) is 26.1. The maximum Gasteiger partial charge on any atom is 0.0541 e. The minimum Gasteiger partial charge on any atom is -0.310 e. The minimum absolute atomic E-state index is 0.208. The van der Waals surface area contributed by atoms with Crippen molar-refractivity contribution in [2.75, 3.05) is 9.80 Å². The molecule has 2 aliphatic rings. The molecule has 0 spiro atoms. The summed E-state index contributed by atoms with van der Waals surface area (Å²) in [7, 11) is 0. The van der Waals surface area contributed by atoms with Crippen molar-refractivity contribution in [2.24, 2.45) is 0 Å². The third kappa shape index (κ3) is 9.50. The molecule has 14 aromatic carbocycles. The van der Waals surface area contributed by atoms with Crippen LogP contribution >= 0.6 is 0 Å². The number of hydrogen-bond acceptors (Lipinski definition) is 2. The Balaban J connectivity index is 0.843. The molecular formula is C90H67N3. The minimum atomic E-state index is -0.208. The van der Waals surface area contributed by atoms with Crippen molar-refractivity contribution >= 4 is 55.9 Å². The predicted molar refractivity (Wildman–Crippen MR) is 392 cm³/mol. The molecule has 0 atom stereocenters. The van der Waals surface area contributed by atoms with Crippen LogP contribution in [0.5, 0.6) is 0 Å². The van der Waals surface area contributed by atoms with Gasteiger partial charge in [-0.1, -0.05) is 264 Å². The van der Waals surface area contributed by atoms with Gasteiger partial charge in [0.2, 0.25) is 0 Å². The Hall–Kier alpha value is -11.5. The normalized spacial score (nSPS) is 13.1. The number of benzene rings is 14. The van der Waals surface area contributed by atoms with Crippen molar-refractivity contribution < 1.29 is 0 Å². The van der Waals surface area contributed by atoms with E-state index in [2.05, 4.69) is 376 Å². The molecule has 442 valence electrons. The summed E-state index contributed by atoms with van der Waals surface area (Å²) < 4.78 is 2.41. The molecule has 0 saturated carbocycles. The number of hydrogen-bond donors (Lipinski definition) is 0. The van der Waals surface area contributed by atoms with Gasteiger partial charge >= 0.3 is 0 Å². The molecule has 0 unspecified atom stereocenters. The molecule has 93 heavy (non-hydrogen) atoms. The SMILES string of the molecule is CC1(C)c2ccccc2-c2ccc(N(c3ccc(-c4ccccc4)cc3)c3cc(-c4ccc(-c5ccc6c(c5)c5ccccc5n6-c5ccc(-c6ccccc6)cc5)cc4)cc(N(c4ccc(-c5ccccc5)cc4)c4ccc5c(c4)C(C)(C)c4ccccc4-5)c3)cc21. The highest BCUT2D eigenvalue weighted by Crippen LogP contribution is 2.54. The van der Waals surface area contributed by atoms with E-state index in [0.717, 1.165) is 56.5 Å². The van der Waals surface area contributed by atoms with Crippen LogP contribution in [0.2, 0.25) is 0 Å². The van der Waals surface area contributed by atoms with E-state index in [1.165, 1.54) is 105 Å². The van der Waals surface area contributed by atoms with E-state index in [1.54, 1.807) is 0 Å². The molecule has 0 N–H and O–H groups in total. The lowest BCUT2D eigenvalue weighted by Gasteiger charge is -2.32. The number of fused-ring (bicyclic) bond motifs is 9. The molecule has 0 aliphatic heterocycles. The molecule has 1 aromatic heterocycles. The summed E-state index contributed by atoms with van der Waals surface area (Å²) in [6.07, 6.45) is 0. The van der Waals surface area contributed by atoms with Crippen LogP contribution in [-0.4, -0.2) is 4.57 Å². The number of para-hydroxylation sites is 1. The van der Waals surface area contributed by atoms with E-state index in [4.69, 9.17) is 0 Å². The van der Waals surface area contributed by atoms with Gasteiger partial charge in [-0.2, -0.15) is 0 Å². The van der Waals surface area contributed by atoms with Crippen LogP contribution in [-0.2, 0) is 10.8 Å². The van der Waals surface area contributed by atoms with E-state index in [1.807, 2.05) is 0 Å². The molecular weight excluding hydrogens is 1120 g/mol. The average Bonchev–Trinajstić information content (AvgIpc) is 1.63. The Bertz CT molecular complexity index is 5120. The Labute approximate surface area is 545 Å². The first-order valence-corrected chi connectivity index (χ1v) is 32.5. The zero-order valence-corrected chi connectivity index (χ0v) is 52.6. The molecule has 17 rings (SSSR count).